The van der Waals surface area contributed by atoms with Crippen LogP contribution < -0.4 is 5.32 Å². The molecule has 1 aliphatic heterocycles. The van der Waals surface area contributed by atoms with Crippen molar-refractivity contribution in [2.45, 2.75) is 39.5 Å². The molecule has 2 N–H and O–H groups in total. The molecule has 1 heterocycles. The molecule has 2 amide bonds. The summed E-state index contributed by atoms with van der Waals surface area (Å²) < 4.78 is 0. The molecule has 1 saturated heterocycles. The number of amides is 2. The molecule has 1 aliphatic rings. The lowest BCUT2D eigenvalue weighted by molar-refractivity contribution is -0.143. The summed E-state index contributed by atoms with van der Waals surface area (Å²) in [5.74, 6) is -1.24. The lowest BCUT2D eigenvalue weighted by atomic mass is 9.96. The maximum absolute atomic E-state index is 12.5. The summed E-state index contributed by atoms with van der Waals surface area (Å²) in [6, 6.07) is 6.87. The average Bonchev–Trinajstić information content (AvgIpc) is 2.63. The molecule has 0 aliphatic carbocycles. The van der Waals surface area contributed by atoms with Crippen molar-refractivity contribution in [2.24, 2.45) is 11.8 Å². The second-order valence-corrected chi connectivity index (χ2v) is 6.48. The van der Waals surface area contributed by atoms with Gasteiger partial charge in [-0.2, -0.15) is 0 Å². The van der Waals surface area contributed by atoms with Crippen LogP contribution in [0.3, 0.4) is 0 Å². The fourth-order valence-electron chi connectivity index (χ4n) is 3.11. The highest BCUT2D eigenvalue weighted by Gasteiger charge is 2.27. The Balaban J connectivity index is 1.94. The number of hydrogen-bond acceptors (Lipinski definition) is 3. The monoisotopic (exact) mass is 346 g/mol. The van der Waals surface area contributed by atoms with Gasteiger partial charge in [-0.3, -0.25) is 14.4 Å². The van der Waals surface area contributed by atoms with Gasteiger partial charge in [-0.05, 0) is 49.9 Å². The zero-order valence-corrected chi connectivity index (χ0v) is 14.8. The summed E-state index contributed by atoms with van der Waals surface area (Å²) in [7, 11) is 0. The summed E-state index contributed by atoms with van der Waals surface area (Å²) in [6.45, 7) is 4.90. The highest BCUT2D eigenvalue weighted by molar-refractivity contribution is 5.96. The third-order valence-corrected chi connectivity index (χ3v) is 4.89. The number of carbonyl (C=O) groups excluding carboxylic acids is 2. The Kier molecular flexibility index (Phi) is 6.56. The number of carboxylic acids is 1. The van der Waals surface area contributed by atoms with Gasteiger partial charge in [-0.1, -0.05) is 13.8 Å². The van der Waals surface area contributed by atoms with Crippen molar-refractivity contribution >= 4 is 23.5 Å². The molecule has 1 aromatic rings. The normalized spacial score (nSPS) is 15.2. The summed E-state index contributed by atoms with van der Waals surface area (Å²) in [5, 5.41) is 11.9. The van der Waals surface area contributed by atoms with E-state index < -0.39 is 5.97 Å². The van der Waals surface area contributed by atoms with Crippen LogP contribution in [0.2, 0.25) is 0 Å². The van der Waals surface area contributed by atoms with E-state index in [9.17, 15) is 14.4 Å². The Morgan fingerprint density at radius 1 is 1.12 bits per heavy atom. The number of piperidine rings is 1. The first kappa shape index (κ1) is 19.0. The molecule has 0 saturated carbocycles. The molecule has 1 fully saturated rings. The van der Waals surface area contributed by atoms with Gasteiger partial charge in [-0.15, -0.1) is 0 Å². The van der Waals surface area contributed by atoms with E-state index in [4.69, 9.17) is 5.11 Å². The van der Waals surface area contributed by atoms with E-state index in [0.717, 1.165) is 12.8 Å². The van der Waals surface area contributed by atoms with Crippen molar-refractivity contribution in [2.75, 3.05) is 18.4 Å². The minimum absolute atomic E-state index is 0.000167. The van der Waals surface area contributed by atoms with Crippen LogP contribution in [0.4, 0.5) is 5.69 Å². The van der Waals surface area contributed by atoms with Crippen molar-refractivity contribution < 1.29 is 19.5 Å². The molecule has 0 bridgehead atoms. The van der Waals surface area contributed by atoms with Gasteiger partial charge in [0.05, 0.1) is 5.92 Å². The predicted molar refractivity (Wildman–Crippen MR) is 95.4 cm³/mol. The number of nitrogens with zero attached hydrogens (tertiary/aromatic N) is 1. The first-order valence-corrected chi connectivity index (χ1v) is 8.89. The summed E-state index contributed by atoms with van der Waals surface area (Å²) >= 11 is 0. The third kappa shape index (κ3) is 4.81. The molecule has 0 radical (unpaired) electrons. The molecule has 6 heteroatoms. The summed E-state index contributed by atoms with van der Waals surface area (Å²) in [4.78, 5) is 37.3. The van der Waals surface area contributed by atoms with E-state index in [0.29, 0.717) is 37.2 Å². The molecular formula is C19H26N2O4. The Morgan fingerprint density at radius 3 is 2.16 bits per heavy atom. The van der Waals surface area contributed by atoms with E-state index >= 15 is 0 Å². The molecule has 1 aromatic carbocycles. The number of rotatable bonds is 6. The van der Waals surface area contributed by atoms with E-state index in [1.54, 1.807) is 29.2 Å². The predicted octanol–water partition coefficient (Wildman–Crippen LogP) is 3.00. The zero-order chi connectivity index (χ0) is 18.4. The third-order valence-electron chi connectivity index (χ3n) is 4.89. The molecule has 136 valence electrons. The number of aliphatic carboxylic acids is 1. The SMILES string of the molecule is CCC(CC)C(=O)Nc1ccc(C(=O)N2CCC(C(=O)O)CC2)cc1. The second-order valence-electron chi connectivity index (χ2n) is 6.48. The zero-order valence-electron chi connectivity index (χ0n) is 14.8. The number of hydrogen-bond donors (Lipinski definition) is 2. The molecule has 0 atom stereocenters. The molecule has 0 aromatic heterocycles. The Bertz CT molecular complexity index is 615. The topological polar surface area (TPSA) is 86.7 Å². The molecule has 6 nitrogen and oxygen atoms in total. The standard InChI is InChI=1S/C19H26N2O4/c1-3-13(4-2)17(22)20-16-7-5-14(6-8-16)18(23)21-11-9-15(10-12-21)19(24)25/h5-8,13,15H,3-4,9-12H2,1-2H3,(H,20,22)(H,24,25). The van der Waals surface area contributed by atoms with Crippen LogP contribution in [0, 0.1) is 11.8 Å². The largest absolute Gasteiger partial charge is 0.481 e. The number of nitrogens with one attached hydrogen (secondary N) is 1. The van der Waals surface area contributed by atoms with Crippen LogP contribution >= 0.6 is 0 Å². The van der Waals surface area contributed by atoms with Gasteiger partial charge < -0.3 is 15.3 Å². The highest BCUT2D eigenvalue weighted by atomic mass is 16.4. The van der Waals surface area contributed by atoms with Crippen molar-refractivity contribution in [1.29, 1.82) is 0 Å². The van der Waals surface area contributed by atoms with E-state index in [1.807, 2.05) is 13.8 Å². The van der Waals surface area contributed by atoms with Gasteiger partial charge in [0.15, 0.2) is 0 Å². The fraction of sp³-hybridized carbons (Fsp3) is 0.526. The first-order valence-electron chi connectivity index (χ1n) is 8.89. The minimum atomic E-state index is -0.787. The first-order chi connectivity index (χ1) is 12.0. The maximum atomic E-state index is 12.5. The van der Waals surface area contributed by atoms with Crippen LogP contribution in [0.15, 0.2) is 24.3 Å². The van der Waals surface area contributed by atoms with Crippen molar-refractivity contribution in [3.63, 3.8) is 0 Å². The van der Waals surface area contributed by atoms with Gasteiger partial charge in [0.2, 0.25) is 5.91 Å². The van der Waals surface area contributed by atoms with Gasteiger partial charge in [0.25, 0.3) is 5.91 Å². The second kappa shape index (κ2) is 8.65. The van der Waals surface area contributed by atoms with Crippen molar-refractivity contribution in [3.8, 4) is 0 Å². The minimum Gasteiger partial charge on any atom is -0.481 e. The van der Waals surface area contributed by atoms with Gasteiger partial charge in [0.1, 0.15) is 0 Å². The Hall–Kier alpha value is -2.37. The number of anilines is 1. The van der Waals surface area contributed by atoms with Gasteiger partial charge >= 0.3 is 5.97 Å². The van der Waals surface area contributed by atoms with Crippen molar-refractivity contribution in [1.82, 2.24) is 4.90 Å². The van der Waals surface area contributed by atoms with Gasteiger partial charge in [-0.25, -0.2) is 0 Å². The van der Waals surface area contributed by atoms with Crippen LogP contribution in [0.5, 0.6) is 0 Å². The Labute approximate surface area is 148 Å². The quantitative estimate of drug-likeness (QED) is 0.829. The molecule has 2 rings (SSSR count). The van der Waals surface area contributed by atoms with Crippen LogP contribution in [0.1, 0.15) is 49.9 Å². The van der Waals surface area contributed by atoms with E-state index in [2.05, 4.69) is 5.32 Å². The summed E-state index contributed by atoms with van der Waals surface area (Å²) in [6.07, 6.45) is 2.58. The van der Waals surface area contributed by atoms with Gasteiger partial charge in [0, 0.05) is 30.3 Å². The molecule has 25 heavy (non-hydrogen) atoms. The van der Waals surface area contributed by atoms with Crippen molar-refractivity contribution in [3.05, 3.63) is 29.8 Å². The average molecular weight is 346 g/mol. The maximum Gasteiger partial charge on any atom is 0.306 e. The number of carbonyl (C=O) groups is 3. The fourth-order valence-corrected chi connectivity index (χ4v) is 3.11. The van der Waals surface area contributed by atoms with Crippen LogP contribution in [0.25, 0.3) is 0 Å². The smallest absolute Gasteiger partial charge is 0.306 e. The molecule has 0 unspecified atom stereocenters. The lowest BCUT2D eigenvalue weighted by Gasteiger charge is -2.30. The molecule has 0 spiro atoms. The number of benzene rings is 1. The molecular weight excluding hydrogens is 320 g/mol. The number of carboxylic acid groups (broad SMARTS) is 1. The number of likely N-dealkylation sites (tertiary alicyclic amines) is 1. The van der Waals surface area contributed by atoms with E-state index in [-0.39, 0.29) is 23.7 Å². The highest BCUT2D eigenvalue weighted by Crippen LogP contribution is 2.20. The lowest BCUT2D eigenvalue weighted by Crippen LogP contribution is -2.40. The summed E-state index contributed by atoms with van der Waals surface area (Å²) in [5.41, 5.74) is 1.23. The van der Waals surface area contributed by atoms with Crippen LogP contribution in [-0.2, 0) is 9.59 Å². The Morgan fingerprint density at radius 2 is 1.68 bits per heavy atom. The van der Waals surface area contributed by atoms with Crippen LogP contribution in [-0.4, -0.2) is 40.9 Å². The van der Waals surface area contributed by atoms with E-state index in [1.165, 1.54) is 0 Å².